The summed E-state index contributed by atoms with van der Waals surface area (Å²) in [6.45, 7) is -0.622. The van der Waals surface area contributed by atoms with Crippen LogP contribution in [0.4, 0.5) is 14.7 Å². The number of hydrogen-bond acceptors (Lipinski definition) is 3. The average molecular weight is 206 g/mol. The largest absolute Gasteiger partial charge is 0.329 e. The van der Waals surface area contributed by atoms with Crippen molar-refractivity contribution >= 4 is 17.5 Å². The van der Waals surface area contributed by atoms with Gasteiger partial charge in [-0.25, -0.2) is 18.7 Å². The highest BCUT2D eigenvalue weighted by atomic mass is 35.5. The lowest BCUT2D eigenvalue weighted by molar-refractivity contribution is -0.0271. The summed E-state index contributed by atoms with van der Waals surface area (Å²) in [5, 5.41) is 0.399. The molecule has 0 unspecified atom stereocenters. The molecular formula is C7H6ClF2N3. The zero-order valence-corrected chi connectivity index (χ0v) is 7.30. The number of hydrogen-bond donors (Lipinski definition) is 0. The smallest absolute Gasteiger partial charge is 0.282 e. The summed E-state index contributed by atoms with van der Waals surface area (Å²) in [4.78, 5) is 9.03. The number of aromatic nitrogens is 2. The van der Waals surface area contributed by atoms with Crippen LogP contribution < -0.4 is 4.90 Å². The van der Waals surface area contributed by atoms with E-state index in [2.05, 4.69) is 9.97 Å². The molecule has 0 spiro atoms. The Morgan fingerprint density at radius 1 is 1.31 bits per heavy atom. The van der Waals surface area contributed by atoms with Gasteiger partial charge in [-0.2, -0.15) is 0 Å². The number of alkyl halides is 2. The molecule has 0 atom stereocenters. The number of halogens is 3. The minimum Gasteiger partial charge on any atom is -0.329 e. The fourth-order valence-corrected chi connectivity index (χ4v) is 1.22. The molecule has 1 fully saturated rings. The van der Waals surface area contributed by atoms with E-state index in [1.807, 2.05) is 0 Å². The second-order valence-corrected chi connectivity index (χ2v) is 3.35. The SMILES string of the molecule is FC1(F)CN(c2ncc(Cl)cn2)C1. The molecule has 1 aliphatic heterocycles. The molecule has 1 aliphatic rings. The van der Waals surface area contributed by atoms with Crippen molar-refractivity contribution in [1.29, 1.82) is 0 Å². The van der Waals surface area contributed by atoms with Crippen LogP contribution >= 0.6 is 11.6 Å². The van der Waals surface area contributed by atoms with Gasteiger partial charge in [0.05, 0.1) is 30.5 Å². The minimum absolute atomic E-state index is 0.301. The standard InChI is InChI=1S/C7H6ClF2N3/c8-5-1-11-6(12-2-5)13-3-7(9,10)4-13/h1-2H,3-4H2. The predicted octanol–water partition coefficient (Wildman–Crippen LogP) is 1.59. The van der Waals surface area contributed by atoms with Crippen LogP contribution in [0.5, 0.6) is 0 Å². The van der Waals surface area contributed by atoms with Gasteiger partial charge in [0.15, 0.2) is 0 Å². The van der Waals surface area contributed by atoms with Gasteiger partial charge >= 0.3 is 0 Å². The maximum Gasteiger partial charge on any atom is 0.282 e. The van der Waals surface area contributed by atoms with Crippen molar-refractivity contribution in [2.75, 3.05) is 18.0 Å². The van der Waals surface area contributed by atoms with Crippen LogP contribution in [0.15, 0.2) is 12.4 Å². The zero-order valence-electron chi connectivity index (χ0n) is 6.54. The van der Waals surface area contributed by atoms with Gasteiger partial charge in [-0.3, -0.25) is 0 Å². The van der Waals surface area contributed by atoms with Crippen molar-refractivity contribution in [3.05, 3.63) is 17.4 Å². The maximum absolute atomic E-state index is 12.4. The Kier molecular flexibility index (Phi) is 1.83. The van der Waals surface area contributed by atoms with Crippen molar-refractivity contribution in [2.45, 2.75) is 5.92 Å². The second-order valence-electron chi connectivity index (χ2n) is 2.91. The molecule has 70 valence electrons. The molecule has 2 rings (SSSR count). The first-order valence-corrected chi connectivity index (χ1v) is 4.05. The van der Waals surface area contributed by atoms with E-state index < -0.39 is 5.92 Å². The summed E-state index contributed by atoms with van der Waals surface area (Å²) >= 11 is 5.54. The van der Waals surface area contributed by atoms with Crippen LogP contribution in [-0.2, 0) is 0 Å². The van der Waals surface area contributed by atoms with Crippen LogP contribution in [-0.4, -0.2) is 29.0 Å². The molecule has 0 saturated carbocycles. The summed E-state index contributed by atoms with van der Waals surface area (Å²) in [6.07, 6.45) is 2.78. The van der Waals surface area contributed by atoms with E-state index >= 15 is 0 Å². The van der Waals surface area contributed by atoms with Gasteiger partial charge in [-0.1, -0.05) is 11.6 Å². The van der Waals surface area contributed by atoms with Gasteiger partial charge in [0, 0.05) is 0 Å². The lowest BCUT2D eigenvalue weighted by Gasteiger charge is -2.38. The lowest BCUT2D eigenvalue weighted by atomic mass is 10.2. The predicted molar refractivity (Wildman–Crippen MR) is 44.2 cm³/mol. The maximum atomic E-state index is 12.4. The van der Waals surface area contributed by atoms with E-state index in [0.29, 0.717) is 11.0 Å². The summed E-state index contributed by atoms with van der Waals surface area (Å²) in [7, 11) is 0. The zero-order chi connectivity index (χ0) is 9.47. The molecule has 3 nitrogen and oxygen atoms in total. The highest BCUT2D eigenvalue weighted by molar-refractivity contribution is 6.30. The van der Waals surface area contributed by atoms with Gasteiger partial charge in [0.2, 0.25) is 5.95 Å². The molecule has 13 heavy (non-hydrogen) atoms. The molecule has 1 aromatic rings. The van der Waals surface area contributed by atoms with Gasteiger partial charge in [0.1, 0.15) is 0 Å². The Bertz CT molecular complexity index is 306. The van der Waals surface area contributed by atoms with Crippen LogP contribution in [0.3, 0.4) is 0 Å². The normalized spacial score (nSPS) is 19.8. The lowest BCUT2D eigenvalue weighted by Crippen LogP contribution is -2.57. The van der Waals surface area contributed by atoms with Crippen LogP contribution in [0.2, 0.25) is 5.02 Å². The second kappa shape index (κ2) is 2.77. The third-order valence-electron chi connectivity index (χ3n) is 1.73. The van der Waals surface area contributed by atoms with Crippen LogP contribution in [0.25, 0.3) is 0 Å². The molecule has 6 heteroatoms. The van der Waals surface area contributed by atoms with E-state index in [4.69, 9.17) is 11.6 Å². The first-order valence-electron chi connectivity index (χ1n) is 3.67. The van der Waals surface area contributed by atoms with E-state index in [9.17, 15) is 8.78 Å². The highest BCUT2D eigenvalue weighted by Crippen LogP contribution is 2.29. The van der Waals surface area contributed by atoms with Gasteiger partial charge in [0.25, 0.3) is 5.92 Å². The Labute approximate surface area is 78.4 Å². The number of anilines is 1. The quantitative estimate of drug-likeness (QED) is 0.697. The molecule has 0 radical (unpaired) electrons. The number of nitrogens with zero attached hydrogens (tertiary/aromatic N) is 3. The average Bonchev–Trinajstić information content (AvgIpc) is 2.01. The Morgan fingerprint density at radius 2 is 1.85 bits per heavy atom. The van der Waals surface area contributed by atoms with Crippen molar-refractivity contribution in [3.8, 4) is 0 Å². The summed E-state index contributed by atoms with van der Waals surface area (Å²) < 4.78 is 24.9. The van der Waals surface area contributed by atoms with E-state index in [1.54, 1.807) is 0 Å². The van der Waals surface area contributed by atoms with Crippen LogP contribution in [0, 0.1) is 0 Å². The van der Waals surface area contributed by atoms with E-state index in [1.165, 1.54) is 17.3 Å². The highest BCUT2D eigenvalue weighted by Gasteiger charge is 2.45. The Balaban J connectivity index is 2.08. The monoisotopic (exact) mass is 205 g/mol. The Morgan fingerprint density at radius 3 is 2.31 bits per heavy atom. The minimum atomic E-state index is -2.59. The molecule has 2 heterocycles. The first-order chi connectivity index (χ1) is 6.07. The molecule has 1 aromatic heterocycles. The molecule has 0 aliphatic carbocycles. The first kappa shape index (κ1) is 8.62. The van der Waals surface area contributed by atoms with E-state index in [0.717, 1.165) is 0 Å². The summed E-state index contributed by atoms with van der Waals surface area (Å²) in [6, 6.07) is 0. The fraction of sp³-hybridized carbons (Fsp3) is 0.429. The van der Waals surface area contributed by atoms with Gasteiger partial charge in [-0.15, -0.1) is 0 Å². The molecule has 0 amide bonds. The molecule has 0 bridgehead atoms. The molecule has 0 aromatic carbocycles. The third-order valence-corrected chi connectivity index (χ3v) is 1.93. The fourth-order valence-electron chi connectivity index (χ4n) is 1.12. The van der Waals surface area contributed by atoms with Gasteiger partial charge in [-0.05, 0) is 0 Å². The van der Waals surface area contributed by atoms with Crippen molar-refractivity contribution in [1.82, 2.24) is 9.97 Å². The summed E-state index contributed by atoms with van der Waals surface area (Å²) in [5.41, 5.74) is 0. The Hall–Kier alpha value is -0.970. The molecular weight excluding hydrogens is 200 g/mol. The molecule has 0 N–H and O–H groups in total. The van der Waals surface area contributed by atoms with Gasteiger partial charge < -0.3 is 4.90 Å². The third kappa shape index (κ3) is 1.70. The van der Waals surface area contributed by atoms with Crippen molar-refractivity contribution in [3.63, 3.8) is 0 Å². The topological polar surface area (TPSA) is 29.0 Å². The summed E-state index contributed by atoms with van der Waals surface area (Å²) in [5.74, 6) is -2.29. The molecule has 1 saturated heterocycles. The van der Waals surface area contributed by atoms with Crippen LogP contribution in [0.1, 0.15) is 0 Å². The van der Waals surface area contributed by atoms with E-state index in [-0.39, 0.29) is 13.1 Å². The van der Waals surface area contributed by atoms with Crippen molar-refractivity contribution in [2.24, 2.45) is 0 Å². The van der Waals surface area contributed by atoms with Crippen molar-refractivity contribution < 1.29 is 8.78 Å². The number of rotatable bonds is 1.